The zero-order chi connectivity index (χ0) is 22.3. The molecule has 1 aromatic heterocycles. The summed E-state index contributed by atoms with van der Waals surface area (Å²) in [5.41, 5.74) is 4.45. The average Bonchev–Trinajstić information content (AvgIpc) is 3.25. The first-order valence-electron chi connectivity index (χ1n) is 10.7. The Hall–Kier alpha value is -2.75. The second kappa shape index (κ2) is 10.7. The zero-order valence-electron chi connectivity index (χ0n) is 18.4. The molecule has 1 amide bonds. The number of amides is 1. The van der Waals surface area contributed by atoms with Crippen LogP contribution in [-0.4, -0.2) is 69.1 Å². The third-order valence-corrected chi connectivity index (χ3v) is 6.14. The van der Waals surface area contributed by atoms with Crippen molar-refractivity contribution in [2.45, 2.75) is 31.7 Å². The topological polar surface area (TPSA) is 85.2 Å². The van der Waals surface area contributed by atoms with E-state index >= 15 is 0 Å². The molecule has 1 N–H and O–H groups in total. The summed E-state index contributed by atoms with van der Waals surface area (Å²) >= 11 is 1.32. The number of nitrogens with one attached hydrogen (secondary N) is 1. The summed E-state index contributed by atoms with van der Waals surface area (Å²) < 4.78 is 7.52. The first-order chi connectivity index (χ1) is 15.6. The molecule has 0 aliphatic carbocycles. The Bertz CT molecular complexity index is 1020. The molecule has 2 aromatic carbocycles. The lowest BCUT2D eigenvalue weighted by Gasteiger charge is -2.33. The van der Waals surface area contributed by atoms with E-state index in [2.05, 4.69) is 56.1 Å². The van der Waals surface area contributed by atoms with Crippen LogP contribution in [0.4, 0.5) is 0 Å². The Morgan fingerprint density at radius 3 is 2.75 bits per heavy atom. The number of aromatic nitrogens is 4. The molecule has 9 heteroatoms. The lowest BCUT2D eigenvalue weighted by Crippen LogP contribution is -2.47. The highest BCUT2D eigenvalue weighted by Gasteiger charge is 2.21. The fourth-order valence-electron chi connectivity index (χ4n) is 3.80. The second-order valence-corrected chi connectivity index (χ2v) is 8.97. The van der Waals surface area contributed by atoms with Crippen molar-refractivity contribution in [2.24, 2.45) is 0 Å². The molecule has 8 nitrogen and oxygen atoms in total. The lowest BCUT2D eigenvalue weighted by molar-refractivity contribution is -0.119. The molecule has 32 heavy (non-hydrogen) atoms. The van der Waals surface area contributed by atoms with Gasteiger partial charge in [-0.2, -0.15) is 4.68 Å². The van der Waals surface area contributed by atoms with E-state index in [0.717, 1.165) is 36.4 Å². The predicted molar refractivity (Wildman–Crippen MR) is 124 cm³/mol. The summed E-state index contributed by atoms with van der Waals surface area (Å²) in [6, 6.07) is 16.6. The van der Waals surface area contributed by atoms with E-state index in [9.17, 15) is 4.79 Å². The molecule has 0 spiro atoms. The van der Waals surface area contributed by atoms with Crippen LogP contribution < -0.4 is 5.32 Å². The zero-order valence-corrected chi connectivity index (χ0v) is 19.2. The van der Waals surface area contributed by atoms with Gasteiger partial charge in [-0.25, -0.2) is 0 Å². The van der Waals surface area contributed by atoms with Crippen molar-refractivity contribution in [3.05, 3.63) is 65.2 Å². The summed E-state index contributed by atoms with van der Waals surface area (Å²) in [4.78, 5) is 14.8. The summed E-state index contributed by atoms with van der Waals surface area (Å²) in [6.07, 6.45) is -0.0120. The Labute approximate surface area is 192 Å². The van der Waals surface area contributed by atoms with Crippen LogP contribution in [0.1, 0.15) is 16.7 Å². The first-order valence-corrected chi connectivity index (χ1v) is 11.7. The highest BCUT2D eigenvalue weighted by atomic mass is 32.2. The molecular formula is C23H28N6O2S. The molecule has 1 saturated heterocycles. The predicted octanol–water partition coefficient (Wildman–Crippen LogP) is 2.39. The number of rotatable bonds is 8. The number of hydrogen-bond acceptors (Lipinski definition) is 7. The molecule has 4 rings (SSSR count). The van der Waals surface area contributed by atoms with Gasteiger partial charge in [0.2, 0.25) is 11.1 Å². The summed E-state index contributed by atoms with van der Waals surface area (Å²) in [5.74, 6) is 0.180. The second-order valence-electron chi connectivity index (χ2n) is 8.03. The largest absolute Gasteiger partial charge is 0.374 e. The van der Waals surface area contributed by atoms with E-state index in [-0.39, 0.29) is 17.8 Å². The smallest absolute Gasteiger partial charge is 0.230 e. The number of tetrazole rings is 1. The van der Waals surface area contributed by atoms with Crippen molar-refractivity contribution >= 4 is 17.7 Å². The fraction of sp³-hybridized carbons (Fsp3) is 0.391. The summed E-state index contributed by atoms with van der Waals surface area (Å²) in [5, 5.41) is 15.5. The Balaban J connectivity index is 1.25. The van der Waals surface area contributed by atoms with Gasteiger partial charge in [0.1, 0.15) is 0 Å². The highest BCUT2D eigenvalue weighted by molar-refractivity contribution is 7.99. The molecule has 3 aromatic rings. The highest BCUT2D eigenvalue weighted by Crippen LogP contribution is 2.20. The minimum absolute atomic E-state index is 0.0120. The van der Waals surface area contributed by atoms with Gasteiger partial charge in [-0.3, -0.25) is 9.69 Å². The third-order valence-electron chi connectivity index (χ3n) is 5.22. The van der Waals surface area contributed by atoms with Gasteiger partial charge in [-0.05, 0) is 53.1 Å². The van der Waals surface area contributed by atoms with Gasteiger partial charge in [-0.15, -0.1) is 5.10 Å². The number of hydrogen-bond donors (Lipinski definition) is 1. The van der Waals surface area contributed by atoms with Crippen LogP contribution in [-0.2, 0) is 16.1 Å². The summed E-state index contributed by atoms with van der Waals surface area (Å²) in [7, 11) is 0. The molecule has 2 heterocycles. The van der Waals surface area contributed by atoms with Crippen molar-refractivity contribution < 1.29 is 9.53 Å². The van der Waals surface area contributed by atoms with Crippen molar-refractivity contribution in [2.75, 3.05) is 32.0 Å². The van der Waals surface area contributed by atoms with E-state index < -0.39 is 0 Å². The number of carbonyl (C=O) groups excluding carboxylic acids is 1. The summed E-state index contributed by atoms with van der Waals surface area (Å²) in [6.45, 7) is 7.83. The number of aryl methyl sites for hydroxylation is 2. The van der Waals surface area contributed by atoms with Crippen molar-refractivity contribution in [3.63, 3.8) is 0 Å². The van der Waals surface area contributed by atoms with Gasteiger partial charge >= 0.3 is 0 Å². The molecule has 0 bridgehead atoms. The molecule has 0 unspecified atom stereocenters. The van der Waals surface area contributed by atoms with E-state index in [0.29, 0.717) is 18.3 Å². The molecule has 1 atom stereocenters. The molecule has 1 fully saturated rings. The average molecular weight is 453 g/mol. The van der Waals surface area contributed by atoms with Crippen LogP contribution in [0, 0.1) is 13.8 Å². The molecule has 1 aliphatic heterocycles. The van der Waals surface area contributed by atoms with E-state index in [1.54, 1.807) is 4.68 Å². The molecule has 168 valence electrons. The SMILES string of the molecule is Cc1cc(C)cc(-n2nnnc2SCC(=O)NC[C@H]2CN(Cc3ccccc3)CCO2)c1. The Morgan fingerprint density at radius 1 is 1.19 bits per heavy atom. The number of morpholine rings is 1. The van der Waals surface area contributed by atoms with Gasteiger partial charge in [0, 0.05) is 26.2 Å². The van der Waals surface area contributed by atoms with Crippen LogP contribution >= 0.6 is 11.8 Å². The minimum Gasteiger partial charge on any atom is -0.374 e. The lowest BCUT2D eigenvalue weighted by atomic mass is 10.1. The standard InChI is InChI=1S/C23H28N6O2S/c1-17-10-18(2)12-20(11-17)29-23(25-26-27-29)32-16-22(30)24-13-21-15-28(8-9-31-21)14-19-6-4-3-5-7-19/h3-7,10-12,21H,8-9,13-16H2,1-2H3,(H,24,30)/t21-/m0/s1. The first kappa shape index (κ1) is 22.4. The van der Waals surface area contributed by atoms with Gasteiger partial charge in [-0.1, -0.05) is 48.2 Å². The number of ether oxygens (including phenoxy) is 1. The molecule has 0 radical (unpaired) electrons. The number of nitrogens with zero attached hydrogens (tertiary/aromatic N) is 5. The van der Waals surface area contributed by atoms with Crippen LogP contribution in [0.5, 0.6) is 0 Å². The van der Waals surface area contributed by atoms with Crippen molar-refractivity contribution in [1.82, 2.24) is 30.4 Å². The van der Waals surface area contributed by atoms with Gasteiger partial charge in [0.05, 0.1) is 24.2 Å². The fourth-order valence-corrected chi connectivity index (χ4v) is 4.52. The monoisotopic (exact) mass is 452 g/mol. The minimum atomic E-state index is -0.0613. The van der Waals surface area contributed by atoms with Gasteiger partial charge in [0.25, 0.3) is 0 Å². The molecule has 0 saturated carbocycles. The molecule has 1 aliphatic rings. The van der Waals surface area contributed by atoms with Crippen molar-refractivity contribution in [3.8, 4) is 5.69 Å². The van der Waals surface area contributed by atoms with Crippen LogP contribution in [0.25, 0.3) is 5.69 Å². The maximum Gasteiger partial charge on any atom is 0.230 e. The maximum atomic E-state index is 12.4. The Kier molecular flexibility index (Phi) is 7.51. The van der Waals surface area contributed by atoms with E-state index in [1.165, 1.54) is 17.3 Å². The van der Waals surface area contributed by atoms with Gasteiger partial charge in [0.15, 0.2) is 0 Å². The molecular weight excluding hydrogens is 424 g/mol. The van der Waals surface area contributed by atoms with E-state index in [1.807, 2.05) is 32.0 Å². The number of benzene rings is 2. The van der Waals surface area contributed by atoms with Crippen LogP contribution in [0.3, 0.4) is 0 Å². The van der Waals surface area contributed by atoms with Gasteiger partial charge < -0.3 is 10.1 Å². The Morgan fingerprint density at radius 2 is 1.97 bits per heavy atom. The normalized spacial score (nSPS) is 16.8. The number of thioether (sulfide) groups is 1. The van der Waals surface area contributed by atoms with Crippen LogP contribution in [0.15, 0.2) is 53.7 Å². The third kappa shape index (κ3) is 6.15. The maximum absolute atomic E-state index is 12.4. The number of carbonyl (C=O) groups is 1. The van der Waals surface area contributed by atoms with Crippen LogP contribution in [0.2, 0.25) is 0 Å². The van der Waals surface area contributed by atoms with Crippen molar-refractivity contribution in [1.29, 1.82) is 0 Å². The quantitative estimate of drug-likeness (QED) is 0.525. The van der Waals surface area contributed by atoms with E-state index in [4.69, 9.17) is 4.74 Å².